The van der Waals surface area contributed by atoms with Crippen LogP contribution in [-0.2, 0) is 4.74 Å². The Morgan fingerprint density at radius 2 is 2.11 bits per heavy atom. The largest absolute Gasteiger partial charge is 0.493 e. The Hall–Kier alpha value is -0.970. The van der Waals surface area contributed by atoms with E-state index in [4.69, 9.17) is 32.7 Å². The summed E-state index contributed by atoms with van der Waals surface area (Å²) in [6.07, 6.45) is 1.84. The van der Waals surface area contributed by atoms with Crippen LogP contribution >= 0.6 is 23.2 Å². The molecule has 0 aliphatic heterocycles. The SMILES string of the molecule is C=CCN(C[C@H](C)OC)c1cc(OC)c(Cl)nc1Cl. The molecule has 19 heavy (non-hydrogen) atoms. The maximum Gasteiger partial charge on any atom is 0.172 e. The Labute approximate surface area is 123 Å². The highest BCUT2D eigenvalue weighted by Crippen LogP contribution is 2.33. The first-order chi connectivity index (χ1) is 9.03. The number of pyridine rings is 1. The normalized spacial score (nSPS) is 12.1. The van der Waals surface area contributed by atoms with Gasteiger partial charge in [-0.15, -0.1) is 6.58 Å². The van der Waals surface area contributed by atoms with Gasteiger partial charge >= 0.3 is 0 Å². The van der Waals surface area contributed by atoms with E-state index in [-0.39, 0.29) is 11.3 Å². The van der Waals surface area contributed by atoms with Gasteiger partial charge in [0, 0.05) is 26.3 Å². The maximum atomic E-state index is 6.15. The molecular weight excluding hydrogens is 287 g/mol. The van der Waals surface area contributed by atoms with E-state index in [1.54, 1.807) is 19.3 Å². The minimum atomic E-state index is 0.0534. The average Bonchev–Trinajstić information content (AvgIpc) is 2.38. The van der Waals surface area contributed by atoms with Crippen molar-refractivity contribution in [3.63, 3.8) is 0 Å². The third-order valence-electron chi connectivity index (χ3n) is 2.67. The van der Waals surface area contributed by atoms with Gasteiger partial charge in [0.25, 0.3) is 0 Å². The minimum absolute atomic E-state index is 0.0534. The van der Waals surface area contributed by atoms with Crippen molar-refractivity contribution in [1.82, 2.24) is 4.98 Å². The average molecular weight is 305 g/mol. The molecule has 1 heterocycles. The van der Waals surface area contributed by atoms with Crippen LogP contribution < -0.4 is 9.64 Å². The van der Waals surface area contributed by atoms with Crippen LogP contribution in [0, 0.1) is 0 Å². The molecule has 0 N–H and O–H groups in total. The van der Waals surface area contributed by atoms with E-state index in [0.717, 1.165) is 5.69 Å². The Balaban J connectivity index is 3.10. The summed E-state index contributed by atoms with van der Waals surface area (Å²) in [4.78, 5) is 6.08. The number of methoxy groups -OCH3 is 2. The fourth-order valence-corrected chi connectivity index (χ4v) is 2.14. The fraction of sp³-hybridized carbons (Fsp3) is 0.462. The van der Waals surface area contributed by atoms with Gasteiger partial charge in [0.05, 0.1) is 18.9 Å². The number of anilines is 1. The van der Waals surface area contributed by atoms with E-state index in [2.05, 4.69) is 11.6 Å². The summed E-state index contributed by atoms with van der Waals surface area (Å²) in [5.74, 6) is 0.486. The first-order valence-corrected chi connectivity index (χ1v) is 6.57. The highest BCUT2D eigenvalue weighted by atomic mass is 35.5. The van der Waals surface area contributed by atoms with Crippen LogP contribution in [0.4, 0.5) is 5.69 Å². The fourth-order valence-electron chi connectivity index (χ4n) is 1.62. The maximum absolute atomic E-state index is 6.15. The van der Waals surface area contributed by atoms with Crippen molar-refractivity contribution in [3.05, 3.63) is 29.0 Å². The van der Waals surface area contributed by atoms with Crippen LogP contribution in [0.1, 0.15) is 6.92 Å². The van der Waals surface area contributed by atoms with Crippen LogP contribution in [0.5, 0.6) is 5.75 Å². The summed E-state index contributed by atoms with van der Waals surface area (Å²) >= 11 is 12.1. The second-order valence-electron chi connectivity index (χ2n) is 4.03. The zero-order chi connectivity index (χ0) is 14.4. The molecule has 0 aliphatic carbocycles. The number of hydrogen-bond donors (Lipinski definition) is 0. The molecule has 0 saturated heterocycles. The van der Waals surface area contributed by atoms with Crippen LogP contribution in [0.2, 0.25) is 10.3 Å². The molecule has 1 aromatic rings. The van der Waals surface area contributed by atoms with E-state index in [1.807, 2.05) is 11.8 Å². The molecule has 0 fully saturated rings. The lowest BCUT2D eigenvalue weighted by Crippen LogP contribution is -2.32. The Morgan fingerprint density at radius 1 is 1.42 bits per heavy atom. The van der Waals surface area contributed by atoms with Crippen LogP contribution in [0.3, 0.4) is 0 Å². The van der Waals surface area contributed by atoms with Gasteiger partial charge in [0.2, 0.25) is 0 Å². The van der Waals surface area contributed by atoms with Crippen molar-refractivity contribution in [3.8, 4) is 5.75 Å². The summed E-state index contributed by atoms with van der Waals surface area (Å²) < 4.78 is 10.4. The predicted octanol–water partition coefficient (Wildman–Crippen LogP) is 3.42. The highest BCUT2D eigenvalue weighted by Gasteiger charge is 2.16. The first-order valence-electron chi connectivity index (χ1n) is 5.82. The lowest BCUT2D eigenvalue weighted by molar-refractivity contribution is 0.123. The molecule has 0 spiro atoms. The molecule has 4 nitrogen and oxygen atoms in total. The lowest BCUT2D eigenvalue weighted by Gasteiger charge is -2.27. The summed E-state index contributed by atoms with van der Waals surface area (Å²) in [6, 6.07) is 1.77. The van der Waals surface area contributed by atoms with E-state index >= 15 is 0 Å². The van der Waals surface area contributed by atoms with Crippen molar-refractivity contribution < 1.29 is 9.47 Å². The molecular formula is C13H18Cl2N2O2. The van der Waals surface area contributed by atoms with Gasteiger partial charge in [0.1, 0.15) is 0 Å². The molecule has 0 unspecified atom stereocenters. The van der Waals surface area contributed by atoms with Crippen molar-refractivity contribution in [2.75, 3.05) is 32.2 Å². The third kappa shape index (κ3) is 4.27. The summed E-state index contributed by atoms with van der Waals surface area (Å²) in [5, 5.41) is 0.575. The van der Waals surface area contributed by atoms with Crippen LogP contribution in [0.25, 0.3) is 0 Å². The van der Waals surface area contributed by atoms with Crippen molar-refractivity contribution in [2.45, 2.75) is 13.0 Å². The van der Waals surface area contributed by atoms with Crippen molar-refractivity contribution in [2.24, 2.45) is 0 Å². The second-order valence-corrected chi connectivity index (χ2v) is 4.75. The molecule has 0 amide bonds. The molecule has 1 aromatic heterocycles. The zero-order valence-electron chi connectivity index (χ0n) is 11.3. The van der Waals surface area contributed by atoms with Gasteiger partial charge in [0.15, 0.2) is 16.1 Å². The van der Waals surface area contributed by atoms with Gasteiger partial charge in [-0.3, -0.25) is 0 Å². The lowest BCUT2D eigenvalue weighted by atomic mass is 10.3. The van der Waals surface area contributed by atoms with Gasteiger partial charge in [-0.2, -0.15) is 0 Å². The van der Waals surface area contributed by atoms with Gasteiger partial charge in [-0.1, -0.05) is 29.3 Å². The number of rotatable bonds is 7. The van der Waals surface area contributed by atoms with Crippen LogP contribution in [0.15, 0.2) is 18.7 Å². The van der Waals surface area contributed by atoms with Gasteiger partial charge in [-0.25, -0.2) is 4.98 Å². The number of nitrogens with zero attached hydrogens (tertiary/aromatic N) is 2. The minimum Gasteiger partial charge on any atom is -0.493 e. The summed E-state index contributed by atoms with van der Waals surface area (Å²) in [6.45, 7) is 7.01. The van der Waals surface area contributed by atoms with Crippen LogP contribution in [-0.4, -0.2) is 38.4 Å². The van der Waals surface area contributed by atoms with E-state index in [0.29, 0.717) is 24.0 Å². The molecule has 106 valence electrons. The Kier molecular flexibility index (Phi) is 6.42. The van der Waals surface area contributed by atoms with E-state index in [9.17, 15) is 0 Å². The molecule has 0 aromatic carbocycles. The number of halogens is 2. The molecule has 1 atom stereocenters. The topological polar surface area (TPSA) is 34.6 Å². The van der Waals surface area contributed by atoms with Gasteiger partial charge < -0.3 is 14.4 Å². The Bertz CT molecular complexity index is 441. The molecule has 1 rings (SSSR count). The summed E-state index contributed by atoms with van der Waals surface area (Å²) in [7, 11) is 3.20. The molecule has 6 heteroatoms. The van der Waals surface area contributed by atoms with E-state index < -0.39 is 0 Å². The van der Waals surface area contributed by atoms with Crippen molar-refractivity contribution in [1.29, 1.82) is 0 Å². The summed E-state index contributed by atoms with van der Waals surface area (Å²) in [5.41, 5.74) is 0.742. The highest BCUT2D eigenvalue weighted by molar-refractivity contribution is 6.35. The molecule has 0 aliphatic rings. The molecule has 0 radical (unpaired) electrons. The first kappa shape index (κ1) is 16.1. The molecule has 0 saturated carbocycles. The number of ether oxygens (including phenoxy) is 2. The monoisotopic (exact) mass is 304 g/mol. The quantitative estimate of drug-likeness (QED) is 0.571. The van der Waals surface area contributed by atoms with Gasteiger partial charge in [-0.05, 0) is 6.92 Å². The predicted molar refractivity (Wildman–Crippen MR) is 79.7 cm³/mol. The molecule has 0 bridgehead atoms. The standard InChI is InChI=1S/C13H18Cl2N2O2/c1-5-6-17(8-9(2)18-3)10-7-11(19-4)13(15)16-12(10)14/h5,7,9H,1,6,8H2,2-4H3/t9-/m0/s1. The number of aromatic nitrogens is 1. The third-order valence-corrected chi connectivity index (χ3v) is 3.22. The number of hydrogen-bond acceptors (Lipinski definition) is 4. The Morgan fingerprint density at radius 3 is 2.63 bits per heavy atom. The zero-order valence-corrected chi connectivity index (χ0v) is 12.8. The smallest absolute Gasteiger partial charge is 0.172 e. The van der Waals surface area contributed by atoms with Crippen molar-refractivity contribution >= 4 is 28.9 Å². The van der Waals surface area contributed by atoms with E-state index in [1.165, 1.54) is 7.11 Å². The second kappa shape index (κ2) is 7.58.